The van der Waals surface area contributed by atoms with E-state index in [0.29, 0.717) is 24.6 Å². The van der Waals surface area contributed by atoms with Crippen LogP contribution in [-0.2, 0) is 9.53 Å². The molecule has 1 aliphatic rings. The standard InChI is InChI=1S/C14H21N3O3/c1-17-6-7-19-11(9-17)8-16-14(18)10-20-13-5-3-2-4-12(13)15/h2-5,11H,6-10,15H2,1H3,(H,16,18). The summed E-state index contributed by atoms with van der Waals surface area (Å²) in [6.07, 6.45) is 0.0412. The fourth-order valence-corrected chi connectivity index (χ4v) is 2.02. The van der Waals surface area contributed by atoms with Gasteiger partial charge in [-0.3, -0.25) is 4.79 Å². The van der Waals surface area contributed by atoms with Crippen LogP contribution in [0.25, 0.3) is 0 Å². The van der Waals surface area contributed by atoms with E-state index in [0.717, 1.165) is 13.1 Å². The van der Waals surface area contributed by atoms with E-state index in [9.17, 15) is 4.79 Å². The topological polar surface area (TPSA) is 76.8 Å². The average molecular weight is 279 g/mol. The number of hydrogen-bond acceptors (Lipinski definition) is 5. The second-order valence-corrected chi connectivity index (χ2v) is 4.89. The van der Waals surface area contributed by atoms with Crippen LogP contribution >= 0.6 is 0 Å². The fraction of sp³-hybridized carbons (Fsp3) is 0.500. The molecule has 1 aromatic carbocycles. The van der Waals surface area contributed by atoms with Gasteiger partial charge in [0.25, 0.3) is 5.91 Å². The number of anilines is 1. The van der Waals surface area contributed by atoms with Crippen LogP contribution in [0.2, 0.25) is 0 Å². The zero-order valence-electron chi connectivity index (χ0n) is 11.7. The lowest BCUT2D eigenvalue weighted by Crippen LogP contribution is -2.46. The Morgan fingerprint density at radius 3 is 3.10 bits per heavy atom. The second-order valence-electron chi connectivity index (χ2n) is 4.89. The largest absolute Gasteiger partial charge is 0.482 e. The molecular formula is C14H21N3O3. The summed E-state index contributed by atoms with van der Waals surface area (Å²) in [6.45, 7) is 2.91. The van der Waals surface area contributed by atoms with Gasteiger partial charge >= 0.3 is 0 Å². The number of carbonyl (C=O) groups excluding carboxylic acids is 1. The molecule has 20 heavy (non-hydrogen) atoms. The zero-order chi connectivity index (χ0) is 14.4. The number of amides is 1. The molecule has 1 amide bonds. The van der Waals surface area contributed by atoms with Gasteiger partial charge in [-0.15, -0.1) is 0 Å². The number of hydrogen-bond donors (Lipinski definition) is 2. The molecule has 1 atom stereocenters. The monoisotopic (exact) mass is 279 g/mol. The van der Waals surface area contributed by atoms with Gasteiger partial charge in [0, 0.05) is 19.6 Å². The van der Waals surface area contributed by atoms with Gasteiger partial charge in [-0.25, -0.2) is 0 Å². The molecule has 3 N–H and O–H groups in total. The summed E-state index contributed by atoms with van der Waals surface area (Å²) in [6, 6.07) is 7.11. The van der Waals surface area contributed by atoms with E-state index in [-0.39, 0.29) is 18.6 Å². The minimum Gasteiger partial charge on any atom is -0.482 e. The Labute approximate surface area is 118 Å². The van der Waals surface area contributed by atoms with Crippen LogP contribution < -0.4 is 15.8 Å². The van der Waals surface area contributed by atoms with Gasteiger partial charge in [0.05, 0.1) is 18.4 Å². The lowest BCUT2D eigenvalue weighted by atomic mass is 10.3. The number of likely N-dealkylation sites (N-methyl/N-ethyl adjacent to an activating group) is 1. The van der Waals surface area contributed by atoms with Gasteiger partial charge in [-0.1, -0.05) is 12.1 Å². The van der Waals surface area contributed by atoms with Crippen molar-refractivity contribution in [2.45, 2.75) is 6.10 Å². The molecule has 1 aliphatic heterocycles. The van der Waals surface area contributed by atoms with E-state index in [2.05, 4.69) is 10.2 Å². The highest BCUT2D eigenvalue weighted by atomic mass is 16.5. The number of morpholine rings is 1. The predicted octanol–water partition coefficient (Wildman–Crippen LogP) is 0.0944. The molecule has 0 aromatic heterocycles. The lowest BCUT2D eigenvalue weighted by molar-refractivity contribution is -0.124. The SMILES string of the molecule is CN1CCOC(CNC(=O)COc2ccccc2N)C1. The van der Waals surface area contributed by atoms with Gasteiger partial charge in [0.15, 0.2) is 6.61 Å². The number of nitrogens with zero attached hydrogens (tertiary/aromatic N) is 1. The Morgan fingerprint density at radius 1 is 1.55 bits per heavy atom. The molecule has 110 valence electrons. The highest BCUT2D eigenvalue weighted by Gasteiger charge is 2.18. The first-order valence-electron chi connectivity index (χ1n) is 6.69. The summed E-state index contributed by atoms with van der Waals surface area (Å²) in [5.74, 6) is 0.348. The van der Waals surface area contributed by atoms with Crippen LogP contribution in [0, 0.1) is 0 Å². The molecule has 0 radical (unpaired) electrons. The molecule has 1 aromatic rings. The van der Waals surface area contributed by atoms with Crippen LogP contribution in [0.1, 0.15) is 0 Å². The smallest absolute Gasteiger partial charge is 0.258 e. The third-order valence-corrected chi connectivity index (χ3v) is 3.15. The van der Waals surface area contributed by atoms with Crippen molar-refractivity contribution in [1.82, 2.24) is 10.2 Å². The molecule has 0 spiro atoms. The van der Waals surface area contributed by atoms with Gasteiger partial charge in [0.2, 0.25) is 0 Å². The minimum absolute atomic E-state index is 0.0412. The zero-order valence-corrected chi connectivity index (χ0v) is 11.7. The first kappa shape index (κ1) is 14.6. The first-order valence-corrected chi connectivity index (χ1v) is 6.69. The number of benzene rings is 1. The van der Waals surface area contributed by atoms with Crippen molar-refractivity contribution in [3.8, 4) is 5.75 Å². The third-order valence-electron chi connectivity index (χ3n) is 3.15. The molecule has 1 unspecified atom stereocenters. The molecule has 2 rings (SSSR count). The Morgan fingerprint density at radius 2 is 2.35 bits per heavy atom. The van der Waals surface area contributed by atoms with Gasteiger partial charge in [0.1, 0.15) is 5.75 Å². The lowest BCUT2D eigenvalue weighted by Gasteiger charge is -2.30. The summed E-state index contributed by atoms with van der Waals surface area (Å²) in [4.78, 5) is 13.9. The van der Waals surface area contributed by atoms with Crippen molar-refractivity contribution in [3.63, 3.8) is 0 Å². The number of carbonyl (C=O) groups is 1. The van der Waals surface area contributed by atoms with Gasteiger partial charge < -0.3 is 25.4 Å². The number of nitrogens with two attached hydrogens (primary N) is 1. The number of nitrogens with one attached hydrogen (secondary N) is 1. The maximum Gasteiger partial charge on any atom is 0.258 e. The Balaban J connectivity index is 1.69. The van der Waals surface area contributed by atoms with Gasteiger partial charge in [-0.2, -0.15) is 0 Å². The number of nitrogen functional groups attached to an aromatic ring is 1. The summed E-state index contributed by atoms with van der Waals surface area (Å²) < 4.78 is 10.9. The second kappa shape index (κ2) is 7.12. The van der Waals surface area contributed by atoms with Crippen LogP contribution in [0.4, 0.5) is 5.69 Å². The highest BCUT2D eigenvalue weighted by Crippen LogP contribution is 2.19. The quantitative estimate of drug-likeness (QED) is 0.747. The van der Waals surface area contributed by atoms with Crippen molar-refractivity contribution in [3.05, 3.63) is 24.3 Å². The molecule has 0 saturated carbocycles. The number of rotatable bonds is 5. The van der Waals surface area contributed by atoms with Crippen molar-refractivity contribution < 1.29 is 14.3 Å². The Kier molecular flexibility index (Phi) is 5.20. The Bertz CT molecular complexity index is 453. The van der Waals surface area contributed by atoms with E-state index in [4.69, 9.17) is 15.2 Å². The van der Waals surface area contributed by atoms with Crippen molar-refractivity contribution >= 4 is 11.6 Å². The summed E-state index contributed by atoms with van der Waals surface area (Å²) >= 11 is 0. The Hall–Kier alpha value is -1.79. The molecule has 0 bridgehead atoms. The third kappa shape index (κ3) is 4.40. The van der Waals surface area contributed by atoms with E-state index >= 15 is 0 Å². The maximum atomic E-state index is 11.7. The summed E-state index contributed by atoms with van der Waals surface area (Å²) in [5.41, 5.74) is 6.26. The fourth-order valence-electron chi connectivity index (χ4n) is 2.02. The molecule has 1 heterocycles. The number of ether oxygens (including phenoxy) is 2. The van der Waals surface area contributed by atoms with E-state index in [1.165, 1.54) is 0 Å². The summed E-state index contributed by atoms with van der Waals surface area (Å²) in [7, 11) is 2.04. The van der Waals surface area contributed by atoms with Crippen LogP contribution in [-0.4, -0.2) is 56.8 Å². The van der Waals surface area contributed by atoms with Crippen LogP contribution in [0.3, 0.4) is 0 Å². The predicted molar refractivity (Wildman–Crippen MR) is 76.6 cm³/mol. The molecule has 0 aliphatic carbocycles. The van der Waals surface area contributed by atoms with E-state index < -0.39 is 0 Å². The molecule has 1 saturated heterocycles. The molecule has 6 nitrogen and oxygen atoms in total. The first-order chi connectivity index (χ1) is 9.65. The minimum atomic E-state index is -0.176. The van der Waals surface area contributed by atoms with Crippen molar-refractivity contribution in [2.24, 2.45) is 0 Å². The molecular weight excluding hydrogens is 258 g/mol. The normalized spacial score (nSPS) is 19.6. The summed E-state index contributed by atoms with van der Waals surface area (Å²) in [5, 5.41) is 2.81. The number of para-hydroxylation sites is 2. The van der Waals surface area contributed by atoms with Crippen LogP contribution in [0.5, 0.6) is 5.75 Å². The average Bonchev–Trinajstić information content (AvgIpc) is 2.44. The van der Waals surface area contributed by atoms with Crippen LogP contribution in [0.15, 0.2) is 24.3 Å². The van der Waals surface area contributed by atoms with Crippen molar-refractivity contribution in [2.75, 3.05) is 45.6 Å². The molecule has 6 heteroatoms. The van der Waals surface area contributed by atoms with Gasteiger partial charge in [-0.05, 0) is 19.2 Å². The van der Waals surface area contributed by atoms with E-state index in [1.807, 2.05) is 19.2 Å². The maximum absolute atomic E-state index is 11.7. The highest BCUT2D eigenvalue weighted by molar-refractivity contribution is 5.77. The van der Waals surface area contributed by atoms with Crippen molar-refractivity contribution in [1.29, 1.82) is 0 Å². The molecule has 1 fully saturated rings. The van der Waals surface area contributed by atoms with E-state index in [1.54, 1.807) is 12.1 Å².